The Labute approximate surface area is 181 Å². The first kappa shape index (κ1) is 21.7. The van der Waals surface area contributed by atoms with Crippen LogP contribution >= 0.6 is 0 Å². The molecular weight excluding hydrogens is 394 g/mol. The second-order valence-electron chi connectivity index (χ2n) is 6.53. The van der Waals surface area contributed by atoms with Crippen LogP contribution in [0.4, 0.5) is 11.4 Å². The maximum Gasteiger partial charge on any atom is 0.166 e. The number of benzene rings is 2. The largest absolute Gasteiger partial charge is 0.496 e. The number of nitriles is 1. The molecule has 0 bridgehead atoms. The van der Waals surface area contributed by atoms with E-state index in [0.717, 1.165) is 18.6 Å². The Balaban J connectivity index is 1.76. The van der Waals surface area contributed by atoms with Crippen molar-refractivity contribution >= 4 is 11.4 Å². The van der Waals surface area contributed by atoms with Crippen LogP contribution in [-0.2, 0) is 0 Å². The summed E-state index contributed by atoms with van der Waals surface area (Å²) in [6, 6.07) is 12.7. The van der Waals surface area contributed by atoms with E-state index >= 15 is 0 Å². The molecule has 8 heteroatoms. The van der Waals surface area contributed by atoms with Gasteiger partial charge in [0.2, 0.25) is 0 Å². The van der Waals surface area contributed by atoms with Crippen LogP contribution in [0.25, 0.3) is 11.4 Å². The Hall–Kier alpha value is -3.99. The summed E-state index contributed by atoms with van der Waals surface area (Å²) in [4.78, 5) is 8.72. The van der Waals surface area contributed by atoms with Gasteiger partial charge in [-0.2, -0.15) is 10.4 Å². The van der Waals surface area contributed by atoms with Crippen LogP contribution in [-0.4, -0.2) is 30.8 Å². The summed E-state index contributed by atoms with van der Waals surface area (Å²) in [6.45, 7) is 2.83. The standard InChI is InChI=1S/C23H23N5O3/c1-4-5-10-31-19-8-6-17(7-9-19)27-28-18-14-25-23(26-15-18)22-20(29-2)11-16(13-24)12-21(22)30-3/h6-9,11-12,14-15H,4-5,10H2,1-3H3. The quantitative estimate of drug-likeness (QED) is 0.330. The van der Waals surface area contributed by atoms with Gasteiger partial charge < -0.3 is 14.2 Å². The molecule has 0 aliphatic rings. The molecule has 0 aliphatic heterocycles. The van der Waals surface area contributed by atoms with Crippen LogP contribution < -0.4 is 14.2 Å². The van der Waals surface area contributed by atoms with Gasteiger partial charge in [-0.05, 0) is 42.8 Å². The summed E-state index contributed by atoms with van der Waals surface area (Å²) in [5, 5.41) is 17.6. The first-order chi connectivity index (χ1) is 15.2. The second-order valence-corrected chi connectivity index (χ2v) is 6.53. The number of rotatable bonds is 9. The van der Waals surface area contributed by atoms with Crippen molar-refractivity contribution in [2.24, 2.45) is 10.2 Å². The first-order valence-corrected chi connectivity index (χ1v) is 9.81. The summed E-state index contributed by atoms with van der Waals surface area (Å²) in [7, 11) is 3.03. The molecule has 0 fully saturated rings. The molecule has 0 amide bonds. The molecule has 158 valence electrons. The van der Waals surface area contributed by atoms with Crippen LogP contribution in [0.5, 0.6) is 17.2 Å². The lowest BCUT2D eigenvalue weighted by Crippen LogP contribution is -1.97. The lowest BCUT2D eigenvalue weighted by atomic mass is 10.1. The Morgan fingerprint density at radius 1 is 0.935 bits per heavy atom. The summed E-state index contributed by atoms with van der Waals surface area (Å²) in [5.41, 5.74) is 2.18. The highest BCUT2D eigenvalue weighted by atomic mass is 16.5. The van der Waals surface area contributed by atoms with Crippen molar-refractivity contribution in [3.63, 3.8) is 0 Å². The van der Waals surface area contributed by atoms with Gasteiger partial charge in [-0.15, -0.1) is 5.11 Å². The van der Waals surface area contributed by atoms with Gasteiger partial charge in [0.1, 0.15) is 28.5 Å². The zero-order chi connectivity index (χ0) is 22.1. The molecule has 1 aromatic heterocycles. The molecule has 1 heterocycles. The number of methoxy groups -OCH3 is 2. The predicted molar refractivity (Wildman–Crippen MR) is 116 cm³/mol. The third-order valence-electron chi connectivity index (χ3n) is 4.38. The van der Waals surface area contributed by atoms with Crippen molar-refractivity contribution in [1.29, 1.82) is 5.26 Å². The topological polar surface area (TPSA) is 102 Å². The van der Waals surface area contributed by atoms with Crippen molar-refractivity contribution in [1.82, 2.24) is 9.97 Å². The van der Waals surface area contributed by atoms with E-state index in [4.69, 9.17) is 19.5 Å². The van der Waals surface area contributed by atoms with Crippen LogP contribution in [0.3, 0.4) is 0 Å². The maximum atomic E-state index is 9.17. The van der Waals surface area contributed by atoms with Crippen molar-refractivity contribution in [3.8, 4) is 34.7 Å². The van der Waals surface area contributed by atoms with Gasteiger partial charge in [0.15, 0.2) is 5.82 Å². The van der Waals surface area contributed by atoms with E-state index in [2.05, 4.69) is 33.2 Å². The zero-order valence-electron chi connectivity index (χ0n) is 17.7. The molecule has 3 aromatic rings. The number of aromatic nitrogens is 2. The van der Waals surface area contributed by atoms with Crippen LogP contribution in [0.1, 0.15) is 25.3 Å². The molecule has 0 spiro atoms. The van der Waals surface area contributed by atoms with Gasteiger partial charge in [0, 0.05) is 0 Å². The van der Waals surface area contributed by atoms with Gasteiger partial charge in [0.05, 0.1) is 50.5 Å². The van der Waals surface area contributed by atoms with Crippen molar-refractivity contribution in [2.45, 2.75) is 19.8 Å². The van der Waals surface area contributed by atoms with Crippen molar-refractivity contribution in [3.05, 3.63) is 54.4 Å². The van der Waals surface area contributed by atoms with E-state index in [9.17, 15) is 0 Å². The third kappa shape index (κ3) is 5.54. The molecule has 0 atom stereocenters. The molecule has 0 saturated heterocycles. The number of ether oxygens (including phenoxy) is 3. The van der Waals surface area contributed by atoms with Crippen LogP contribution in [0, 0.1) is 11.3 Å². The van der Waals surface area contributed by atoms with E-state index in [0.29, 0.717) is 46.4 Å². The van der Waals surface area contributed by atoms with Crippen LogP contribution in [0.15, 0.2) is 59.0 Å². The maximum absolute atomic E-state index is 9.17. The predicted octanol–water partition coefficient (Wildman–Crippen LogP) is 5.63. The molecule has 0 unspecified atom stereocenters. The molecule has 8 nitrogen and oxygen atoms in total. The fourth-order valence-corrected chi connectivity index (χ4v) is 2.76. The number of azo groups is 1. The molecule has 31 heavy (non-hydrogen) atoms. The molecule has 0 aliphatic carbocycles. The minimum Gasteiger partial charge on any atom is -0.496 e. The summed E-state index contributed by atoms with van der Waals surface area (Å²) in [6.07, 6.45) is 5.24. The van der Waals surface area contributed by atoms with Crippen molar-refractivity contribution < 1.29 is 14.2 Å². The Kier molecular flexibility index (Phi) is 7.49. The second kappa shape index (κ2) is 10.7. The van der Waals surface area contributed by atoms with Crippen molar-refractivity contribution in [2.75, 3.05) is 20.8 Å². The Morgan fingerprint density at radius 2 is 1.55 bits per heavy atom. The summed E-state index contributed by atoms with van der Waals surface area (Å²) in [5.74, 6) is 2.11. The van der Waals surface area contributed by atoms with Gasteiger partial charge in [-0.1, -0.05) is 13.3 Å². The van der Waals surface area contributed by atoms with E-state index in [-0.39, 0.29) is 0 Å². The fraction of sp³-hybridized carbons (Fsp3) is 0.261. The fourth-order valence-electron chi connectivity index (χ4n) is 2.76. The highest BCUT2D eigenvalue weighted by molar-refractivity contribution is 5.73. The number of hydrogen-bond acceptors (Lipinski definition) is 8. The Bertz CT molecular complexity index is 1050. The summed E-state index contributed by atoms with van der Waals surface area (Å²) < 4.78 is 16.4. The van der Waals surface area contributed by atoms with Gasteiger partial charge >= 0.3 is 0 Å². The number of hydrogen-bond donors (Lipinski definition) is 0. The first-order valence-electron chi connectivity index (χ1n) is 9.81. The lowest BCUT2D eigenvalue weighted by molar-refractivity contribution is 0.309. The van der Waals surface area contributed by atoms with Gasteiger partial charge in [0.25, 0.3) is 0 Å². The summed E-state index contributed by atoms with van der Waals surface area (Å²) >= 11 is 0. The monoisotopic (exact) mass is 417 g/mol. The third-order valence-corrected chi connectivity index (χ3v) is 4.38. The lowest BCUT2D eigenvalue weighted by Gasteiger charge is -2.12. The minimum atomic E-state index is 0.394. The van der Waals surface area contributed by atoms with Crippen LogP contribution in [0.2, 0.25) is 0 Å². The van der Waals surface area contributed by atoms with Gasteiger partial charge in [-0.3, -0.25) is 0 Å². The van der Waals surface area contributed by atoms with Gasteiger partial charge in [-0.25, -0.2) is 9.97 Å². The smallest absolute Gasteiger partial charge is 0.166 e. The average molecular weight is 417 g/mol. The highest BCUT2D eigenvalue weighted by Gasteiger charge is 2.17. The normalized spacial score (nSPS) is 10.6. The van der Waals surface area contributed by atoms with E-state index in [1.54, 1.807) is 24.5 Å². The zero-order valence-corrected chi connectivity index (χ0v) is 17.7. The molecule has 0 radical (unpaired) electrons. The van der Waals surface area contributed by atoms with E-state index in [1.807, 2.05) is 24.3 Å². The van der Waals surface area contributed by atoms with E-state index < -0.39 is 0 Å². The Morgan fingerprint density at radius 3 is 2.10 bits per heavy atom. The number of nitrogens with zero attached hydrogens (tertiary/aromatic N) is 5. The molecule has 3 rings (SSSR count). The van der Waals surface area contributed by atoms with E-state index in [1.165, 1.54) is 14.2 Å². The molecule has 0 N–H and O–H groups in total. The molecule has 2 aromatic carbocycles. The molecular formula is C23H23N5O3. The highest BCUT2D eigenvalue weighted by Crippen LogP contribution is 2.37. The molecule has 0 saturated carbocycles. The SMILES string of the molecule is CCCCOc1ccc(N=Nc2cnc(-c3c(OC)cc(C#N)cc3OC)nc2)cc1. The minimum absolute atomic E-state index is 0.394. The number of unbranched alkanes of at least 4 members (excludes halogenated alkanes) is 1. The average Bonchev–Trinajstić information content (AvgIpc) is 2.83.